The average molecular weight is 280 g/mol. The summed E-state index contributed by atoms with van der Waals surface area (Å²) in [6.07, 6.45) is 1.71. The molecule has 1 aromatic heterocycles. The van der Waals surface area contributed by atoms with Crippen LogP contribution in [-0.4, -0.2) is 17.0 Å². The summed E-state index contributed by atoms with van der Waals surface area (Å²) in [5, 5.41) is 0. The van der Waals surface area contributed by atoms with E-state index >= 15 is 0 Å². The number of anilines is 1. The zero-order chi connectivity index (χ0) is 13.8. The SMILES string of the molecule is Cc1ncc(CCl)c(N(C)Cc2ccccc2F)n1. The summed E-state index contributed by atoms with van der Waals surface area (Å²) >= 11 is 5.88. The lowest BCUT2D eigenvalue weighted by Crippen LogP contribution is -2.20. The molecule has 0 N–H and O–H groups in total. The van der Waals surface area contributed by atoms with Crippen LogP contribution in [0.25, 0.3) is 0 Å². The van der Waals surface area contributed by atoms with Gasteiger partial charge in [-0.15, -0.1) is 11.6 Å². The molecule has 3 nitrogen and oxygen atoms in total. The lowest BCUT2D eigenvalue weighted by molar-refractivity contribution is 0.607. The molecule has 2 aromatic rings. The number of hydrogen-bond donors (Lipinski definition) is 0. The van der Waals surface area contributed by atoms with Crippen molar-refractivity contribution in [1.82, 2.24) is 9.97 Å². The molecule has 0 saturated carbocycles. The van der Waals surface area contributed by atoms with E-state index in [-0.39, 0.29) is 5.82 Å². The lowest BCUT2D eigenvalue weighted by atomic mass is 10.2. The van der Waals surface area contributed by atoms with Gasteiger partial charge in [0.25, 0.3) is 0 Å². The maximum atomic E-state index is 13.6. The monoisotopic (exact) mass is 279 g/mol. The van der Waals surface area contributed by atoms with Gasteiger partial charge < -0.3 is 4.90 Å². The Balaban J connectivity index is 2.27. The van der Waals surface area contributed by atoms with Crippen molar-refractivity contribution in [2.24, 2.45) is 0 Å². The molecule has 0 fully saturated rings. The summed E-state index contributed by atoms with van der Waals surface area (Å²) in [4.78, 5) is 10.4. The van der Waals surface area contributed by atoms with E-state index in [0.29, 0.717) is 23.8 Å². The first-order valence-electron chi connectivity index (χ1n) is 5.95. The van der Waals surface area contributed by atoms with Gasteiger partial charge >= 0.3 is 0 Å². The number of aryl methyl sites for hydroxylation is 1. The molecule has 0 saturated heterocycles. The molecule has 1 heterocycles. The number of halogens is 2. The summed E-state index contributed by atoms with van der Waals surface area (Å²) in [6, 6.07) is 6.72. The predicted octanol–water partition coefficient (Wildman–Crippen LogP) is 3.30. The summed E-state index contributed by atoms with van der Waals surface area (Å²) in [6.45, 7) is 2.26. The summed E-state index contributed by atoms with van der Waals surface area (Å²) in [5.74, 6) is 1.53. The normalized spacial score (nSPS) is 10.5. The number of rotatable bonds is 4. The predicted molar refractivity (Wildman–Crippen MR) is 74.8 cm³/mol. The van der Waals surface area contributed by atoms with E-state index in [9.17, 15) is 4.39 Å². The van der Waals surface area contributed by atoms with Gasteiger partial charge in [0, 0.05) is 30.9 Å². The maximum Gasteiger partial charge on any atom is 0.136 e. The Morgan fingerprint density at radius 1 is 1.26 bits per heavy atom. The molecule has 0 amide bonds. The van der Waals surface area contributed by atoms with Gasteiger partial charge in [0.1, 0.15) is 17.5 Å². The van der Waals surface area contributed by atoms with Gasteiger partial charge in [0.05, 0.1) is 5.88 Å². The van der Waals surface area contributed by atoms with Crippen LogP contribution in [0.2, 0.25) is 0 Å². The first kappa shape index (κ1) is 13.7. The Morgan fingerprint density at radius 2 is 2.00 bits per heavy atom. The molecule has 2 rings (SSSR count). The van der Waals surface area contributed by atoms with E-state index < -0.39 is 0 Å². The fourth-order valence-corrected chi connectivity index (χ4v) is 2.05. The molecule has 0 aliphatic heterocycles. The average Bonchev–Trinajstić information content (AvgIpc) is 2.41. The van der Waals surface area contributed by atoms with Crippen molar-refractivity contribution in [2.45, 2.75) is 19.3 Å². The Hall–Kier alpha value is -1.68. The second-order valence-electron chi connectivity index (χ2n) is 4.35. The topological polar surface area (TPSA) is 29.0 Å². The van der Waals surface area contributed by atoms with Crippen LogP contribution < -0.4 is 4.90 Å². The second-order valence-corrected chi connectivity index (χ2v) is 4.61. The highest BCUT2D eigenvalue weighted by atomic mass is 35.5. The third-order valence-electron chi connectivity index (χ3n) is 2.83. The maximum absolute atomic E-state index is 13.6. The van der Waals surface area contributed by atoms with E-state index in [2.05, 4.69) is 9.97 Å². The first-order valence-corrected chi connectivity index (χ1v) is 6.48. The zero-order valence-corrected chi connectivity index (χ0v) is 11.7. The van der Waals surface area contributed by atoms with Crippen LogP contribution in [0.4, 0.5) is 10.2 Å². The number of aromatic nitrogens is 2. The van der Waals surface area contributed by atoms with Gasteiger partial charge in [0.15, 0.2) is 0 Å². The Kier molecular flexibility index (Phi) is 4.32. The fourth-order valence-electron chi connectivity index (χ4n) is 1.86. The molecule has 0 aliphatic carbocycles. The van der Waals surface area contributed by atoms with Crippen LogP contribution in [0.5, 0.6) is 0 Å². The van der Waals surface area contributed by atoms with Gasteiger partial charge in [-0.05, 0) is 13.0 Å². The van der Waals surface area contributed by atoms with E-state index in [1.54, 1.807) is 18.3 Å². The van der Waals surface area contributed by atoms with Gasteiger partial charge in [0.2, 0.25) is 0 Å². The Morgan fingerprint density at radius 3 is 2.68 bits per heavy atom. The molecule has 0 aliphatic rings. The van der Waals surface area contributed by atoms with E-state index in [0.717, 1.165) is 11.4 Å². The molecule has 0 spiro atoms. The second kappa shape index (κ2) is 5.97. The number of alkyl halides is 1. The largest absolute Gasteiger partial charge is 0.355 e. The molecule has 0 unspecified atom stereocenters. The minimum Gasteiger partial charge on any atom is -0.355 e. The summed E-state index contributed by atoms with van der Waals surface area (Å²) in [7, 11) is 1.87. The van der Waals surface area contributed by atoms with Crippen LogP contribution in [0.1, 0.15) is 17.0 Å². The van der Waals surface area contributed by atoms with Crippen LogP contribution in [0.15, 0.2) is 30.5 Å². The summed E-state index contributed by atoms with van der Waals surface area (Å²) < 4.78 is 13.6. The van der Waals surface area contributed by atoms with Crippen molar-refractivity contribution in [2.75, 3.05) is 11.9 Å². The van der Waals surface area contributed by atoms with Crippen molar-refractivity contribution in [3.05, 3.63) is 53.2 Å². The minimum atomic E-state index is -0.215. The molecule has 0 atom stereocenters. The molecule has 0 radical (unpaired) electrons. The summed E-state index contributed by atoms with van der Waals surface area (Å²) in [5.41, 5.74) is 1.47. The van der Waals surface area contributed by atoms with Gasteiger partial charge in [-0.2, -0.15) is 0 Å². The Labute approximate surface area is 117 Å². The van der Waals surface area contributed by atoms with Crippen LogP contribution in [0.3, 0.4) is 0 Å². The molecule has 19 heavy (non-hydrogen) atoms. The molecule has 100 valence electrons. The Bertz CT molecular complexity index is 574. The zero-order valence-electron chi connectivity index (χ0n) is 10.9. The van der Waals surface area contributed by atoms with Crippen molar-refractivity contribution in [3.63, 3.8) is 0 Å². The highest BCUT2D eigenvalue weighted by Crippen LogP contribution is 2.20. The van der Waals surface area contributed by atoms with E-state index in [1.165, 1.54) is 6.07 Å². The van der Waals surface area contributed by atoms with Crippen LogP contribution >= 0.6 is 11.6 Å². The quantitative estimate of drug-likeness (QED) is 0.804. The van der Waals surface area contributed by atoms with Gasteiger partial charge in [-0.25, -0.2) is 14.4 Å². The van der Waals surface area contributed by atoms with E-state index in [4.69, 9.17) is 11.6 Å². The van der Waals surface area contributed by atoms with E-state index in [1.807, 2.05) is 24.9 Å². The molecule has 5 heteroatoms. The smallest absolute Gasteiger partial charge is 0.136 e. The number of hydrogen-bond acceptors (Lipinski definition) is 3. The van der Waals surface area contributed by atoms with Crippen molar-refractivity contribution >= 4 is 17.4 Å². The van der Waals surface area contributed by atoms with Crippen molar-refractivity contribution < 1.29 is 4.39 Å². The molecular weight excluding hydrogens is 265 g/mol. The van der Waals surface area contributed by atoms with Crippen LogP contribution in [-0.2, 0) is 12.4 Å². The van der Waals surface area contributed by atoms with Gasteiger partial charge in [-0.3, -0.25) is 0 Å². The molecule has 0 bridgehead atoms. The lowest BCUT2D eigenvalue weighted by Gasteiger charge is -2.21. The molecular formula is C14H15ClFN3. The standard InChI is InChI=1S/C14H15ClFN3/c1-10-17-8-12(7-15)14(18-10)19(2)9-11-5-3-4-6-13(11)16/h3-6,8H,7,9H2,1-2H3. The van der Waals surface area contributed by atoms with Gasteiger partial charge in [-0.1, -0.05) is 18.2 Å². The van der Waals surface area contributed by atoms with Crippen molar-refractivity contribution in [1.29, 1.82) is 0 Å². The highest BCUT2D eigenvalue weighted by Gasteiger charge is 2.12. The number of nitrogens with zero attached hydrogens (tertiary/aromatic N) is 3. The first-order chi connectivity index (χ1) is 9.11. The number of benzene rings is 1. The van der Waals surface area contributed by atoms with Crippen molar-refractivity contribution in [3.8, 4) is 0 Å². The van der Waals surface area contributed by atoms with Crippen LogP contribution in [0, 0.1) is 12.7 Å². The minimum absolute atomic E-state index is 0.215. The third kappa shape index (κ3) is 3.20. The third-order valence-corrected chi connectivity index (χ3v) is 3.12. The molecule has 1 aromatic carbocycles. The fraction of sp³-hybridized carbons (Fsp3) is 0.286. The highest BCUT2D eigenvalue weighted by molar-refractivity contribution is 6.17.